The van der Waals surface area contributed by atoms with E-state index in [-0.39, 0.29) is 12.4 Å². The normalized spacial score (nSPS) is 19.4. The van der Waals surface area contributed by atoms with Crippen molar-refractivity contribution >= 4 is 12.4 Å². The molecule has 4 heteroatoms. The molecule has 1 saturated carbocycles. The molecule has 20 heavy (non-hydrogen) atoms. The molecule has 1 aliphatic heterocycles. The van der Waals surface area contributed by atoms with E-state index < -0.39 is 0 Å². The van der Waals surface area contributed by atoms with Crippen LogP contribution in [0.4, 0.5) is 0 Å². The summed E-state index contributed by atoms with van der Waals surface area (Å²) in [5.41, 5.74) is 2.43. The first-order valence-corrected chi connectivity index (χ1v) is 7.56. The van der Waals surface area contributed by atoms with Crippen LogP contribution in [-0.4, -0.2) is 6.04 Å². The third-order valence-corrected chi connectivity index (χ3v) is 4.19. The van der Waals surface area contributed by atoms with Crippen LogP contribution in [-0.2, 0) is 18.0 Å². The van der Waals surface area contributed by atoms with Crippen LogP contribution in [0.5, 0.6) is 5.75 Å². The first-order valence-electron chi connectivity index (χ1n) is 7.56. The average Bonchev–Trinajstić information content (AvgIpc) is 2.84. The van der Waals surface area contributed by atoms with Crippen molar-refractivity contribution in [3.05, 3.63) is 29.3 Å². The van der Waals surface area contributed by atoms with Gasteiger partial charge in [0.1, 0.15) is 6.61 Å². The topological polar surface area (TPSA) is 30.5 Å². The number of benzene rings is 1. The molecular formula is C16H24ClNO2. The molecule has 1 aliphatic carbocycles. The lowest BCUT2D eigenvalue weighted by molar-refractivity contribution is -0.194. The summed E-state index contributed by atoms with van der Waals surface area (Å²) < 4.78 is 0. The zero-order chi connectivity index (χ0) is 12.9. The van der Waals surface area contributed by atoms with Crippen LogP contribution in [0.2, 0.25) is 0 Å². The van der Waals surface area contributed by atoms with Gasteiger partial charge in [-0.05, 0) is 24.5 Å². The minimum atomic E-state index is 0. The Kier molecular flexibility index (Phi) is 6.14. The fraction of sp³-hybridized carbons (Fsp3) is 0.625. The minimum absolute atomic E-state index is 0. The van der Waals surface area contributed by atoms with Crippen molar-refractivity contribution in [1.29, 1.82) is 0 Å². The van der Waals surface area contributed by atoms with E-state index >= 15 is 0 Å². The van der Waals surface area contributed by atoms with Crippen molar-refractivity contribution in [3.8, 4) is 5.75 Å². The van der Waals surface area contributed by atoms with Gasteiger partial charge >= 0.3 is 0 Å². The first-order chi connectivity index (χ1) is 9.42. The molecule has 1 heterocycles. The van der Waals surface area contributed by atoms with Crippen molar-refractivity contribution in [2.24, 2.45) is 0 Å². The average molecular weight is 298 g/mol. The Labute approximate surface area is 127 Å². The highest BCUT2D eigenvalue weighted by Gasteiger charge is 2.15. The number of fused-ring (bicyclic) bond motifs is 1. The first kappa shape index (κ1) is 15.6. The van der Waals surface area contributed by atoms with Crippen molar-refractivity contribution < 1.29 is 9.78 Å². The van der Waals surface area contributed by atoms with Crippen molar-refractivity contribution in [3.63, 3.8) is 0 Å². The summed E-state index contributed by atoms with van der Waals surface area (Å²) >= 11 is 0. The predicted octanol–water partition coefficient (Wildman–Crippen LogP) is 4.13. The van der Waals surface area contributed by atoms with Crippen LogP contribution < -0.4 is 10.2 Å². The Morgan fingerprint density at radius 2 is 1.80 bits per heavy atom. The van der Waals surface area contributed by atoms with Gasteiger partial charge in [0.2, 0.25) is 0 Å². The maximum atomic E-state index is 5.14. The van der Waals surface area contributed by atoms with E-state index in [9.17, 15) is 0 Å². The Morgan fingerprint density at radius 1 is 1.05 bits per heavy atom. The molecule has 1 fully saturated rings. The molecule has 0 aromatic heterocycles. The van der Waals surface area contributed by atoms with Gasteiger partial charge in [-0.1, -0.05) is 44.2 Å². The van der Waals surface area contributed by atoms with E-state index in [1.807, 2.05) is 0 Å². The van der Waals surface area contributed by atoms with E-state index in [1.165, 1.54) is 50.5 Å². The Bertz CT molecular complexity index is 417. The van der Waals surface area contributed by atoms with Crippen LogP contribution in [0, 0.1) is 0 Å². The molecule has 0 unspecified atom stereocenters. The molecule has 0 saturated heterocycles. The molecule has 0 radical (unpaired) electrons. The molecule has 3 rings (SSSR count). The summed E-state index contributed by atoms with van der Waals surface area (Å²) in [5.74, 6) is 0.886. The highest BCUT2D eigenvalue weighted by molar-refractivity contribution is 5.85. The second kappa shape index (κ2) is 7.87. The smallest absolute Gasteiger partial charge is 0.171 e. The number of hydrogen-bond donors (Lipinski definition) is 1. The molecule has 0 bridgehead atoms. The van der Waals surface area contributed by atoms with E-state index in [4.69, 9.17) is 9.78 Å². The summed E-state index contributed by atoms with van der Waals surface area (Å²) in [6.45, 7) is 1.51. The van der Waals surface area contributed by atoms with Crippen LogP contribution in [0.1, 0.15) is 56.1 Å². The third-order valence-electron chi connectivity index (χ3n) is 4.19. The van der Waals surface area contributed by atoms with Gasteiger partial charge in [-0.25, -0.2) is 0 Å². The van der Waals surface area contributed by atoms with Crippen molar-refractivity contribution in [2.45, 2.75) is 64.1 Å². The molecule has 1 aromatic rings. The van der Waals surface area contributed by atoms with E-state index in [2.05, 4.69) is 23.5 Å². The monoisotopic (exact) mass is 297 g/mol. The zero-order valence-electron chi connectivity index (χ0n) is 11.9. The number of hydrogen-bond acceptors (Lipinski definition) is 3. The number of nitrogens with one attached hydrogen (secondary N) is 1. The maximum Gasteiger partial charge on any atom is 0.171 e. The molecule has 1 N–H and O–H groups in total. The van der Waals surface area contributed by atoms with E-state index in [0.717, 1.165) is 17.9 Å². The molecule has 112 valence electrons. The summed E-state index contributed by atoms with van der Waals surface area (Å²) in [6, 6.07) is 7.06. The number of rotatable bonds is 3. The highest BCUT2D eigenvalue weighted by atomic mass is 35.5. The maximum absolute atomic E-state index is 5.14. The SMILES string of the molecule is Cl.c1cc2c(cc1CNC1CCCCCCC1)OOC2. The van der Waals surface area contributed by atoms with Gasteiger partial charge in [0.25, 0.3) is 0 Å². The van der Waals surface area contributed by atoms with Crippen molar-refractivity contribution in [1.82, 2.24) is 5.32 Å². The second-order valence-electron chi connectivity index (χ2n) is 5.71. The molecule has 0 amide bonds. The number of halogens is 1. The Balaban J connectivity index is 0.00000147. The molecule has 0 spiro atoms. The van der Waals surface area contributed by atoms with Crippen molar-refractivity contribution in [2.75, 3.05) is 0 Å². The quantitative estimate of drug-likeness (QED) is 0.851. The summed E-state index contributed by atoms with van der Waals surface area (Å²) in [6.07, 6.45) is 9.63. The summed E-state index contributed by atoms with van der Waals surface area (Å²) in [4.78, 5) is 10.1. The summed E-state index contributed by atoms with van der Waals surface area (Å²) in [5, 5.41) is 3.70. The van der Waals surface area contributed by atoms with Gasteiger partial charge in [0, 0.05) is 18.2 Å². The Morgan fingerprint density at radius 3 is 2.60 bits per heavy atom. The Hall–Kier alpha value is -0.770. The van der Waals surface area contributed by atoms with Crippen LogP contribution in [0.15, 0.2) is 18.2 Å². The molecule has 3 nitrogen and oxygen atoms in total. The minimum Gasteiger partial charge on any atom is -0.337 e. The second-order valence-corrected chi connectivity index (χ2v) is 5.71. The predicted molar refractivity (Wildman–Crippen MR) is 82.1 cm³/mol. The van der Waals surface area contributed by atoms with Gasteiger partial charge in [-0.3, -0.25) is 0 Å². The zero-order valence-corrected chi connectivity index (χ0v) is 12.7. The fourth-order valence-electron chi connectivity index (χ4n) is 2.98. The van der Waals surface area contributed by atoms with Gasteiger partial charge in [0.05, 0.1) is 0 Å². The van der Waals surface area contributed by atoms with E-state index in [0.29, 0.717) is 12.6 Å². The van der Waals surface area contributed by atoms with Gasteiger partial charge in [-0.2, -0.15) is 4.89 Å². The lowest BCUT2D eigenvalue weighted by atomic mass is 9.96. The molecule has 0 atom stereocenters. The van der Waals surface area contributed by atoms with Gasteiger partial charge in [-0.15, -0.1) is 12.4 Å². The highest BCUT2D eigenvalue weighted by Crippen LogP contribution is 2.27. The lowest BCUT2D eigenvalue weighted by Crippen LogP contribution is -2.29. The largest absolute Gasteiger partial charge is 0.337 e. The van der Waals surface area contributed by atoms with Crippen LogP contribution in [0.25, 0.3) is 0 Å². The summed E-state index contributed by atoms with van der Waals surface area (Å²) in [7, 11) is 0. The third kappa shape index (κ3) is 4.11. The molecular weight excluding hydrogens is 274 g/mol. The van der Waals surface area contributed by atoms with Gasteiger partial charge < -0.3 is 10.2 Å². The molecule has 1 aromatic carbocycles. The van der Waals surface area contributed by atoms with Crippen LogP contribution in [0.3, 0.4) is 0 Å². The fourth-order valence-corrected chi connectivity index (χ4v) is 2.98. The standard InChI is InChI=1S/C16H23NO2.ClH/c1-2-4-6-15(7-5-3-1)17-11-13-8-9-14-12-18-19-16(14)10-13;/h8-10,15,17H,1-7,11-12H2;1H. The van der Waals surface area contributed by atoms with E-state index in [1.54, 1.807) is 0 Å². The van der Waals surface area contributed by atoms with Gasteiger partial charge in [0.15, 0.2) is 5.75 Å². The molecule has 2 aliphatic rings. The van der Waals surface area contributed by atoms with Crippen LogP contribution >= 0.6 is 12.4 Å². The lowest BCUT2D eigenvalue weighted by Gasteiger charge is -2.21.